The summed E-state index contributed by atoms with van der Waals surface area (Å²) in [6, 6.07) is 3.11. The Morgan fingerprint density at radius 2 is 2.00 bits per heavy atom. The summed E-state index contributed by atoms with van der Waals surface area (Å²) in [5.74, 6) is -1.18. The first-order valence-electron chi connectivity index (χ1n) is 5.90. The standard InChI is InChI=1S/C12H14ClNO5S/c1-19-11(18)12(4-6(15)7(16)5-12)14-10(17)8-2-3-9(13)20-8/h2-3,6-7,15-16H,4-5H2,1H3,(H,14,17). The maximum Gasteiger partial charge on any atom is 0.331 e. The van der Waals surface area contributed by atoms with Crippen LogP contribution in [0.2, 0.25) is 4.34 Å². The minimum absolute atomic E-state index is 0.0916. The third kappa shape index (κ3) is 2.80. The first-order chi connectivity index (χ1) is 9.38. The highest BCUT2D eigenvalue weighted by Crippen LogP contribution is 2.32. The normalized spacial score (nSPS) is 29.2. The minimum Gasteiger partial charge on any atom is -0.467 e. The number of aliphatic hydroxyl groups is 2. The van der Waals surface area contributed by atoms with E-state index in [0.717, 1.165) is 11.3 Å². The zero-order valence-corrected chi connectivity index (χ0v) is 12.2. The Morgan fingerprint density at radius 3 is 2.45 bits per heavy atom. The number of esters is 1. The lowest BCUT2D eigenvalue weighted by molar-refractivity contribution is -0.148. The van der Waals surface area contributed by atoms with Crippen LogP contribution in [0.4, 0.5) is 0 Å². The Balaban J connectivity index is 2.21. The molecule has 2 rings (SSSR count). The summed E-state index contributed by atoms with van der Waals surface area (Å²) in [5.41, 5.74) is -1.42. The van der Waals surface area contributed by atoms with Crippen LogP contribution in [0.15, 0.2) is 12.1 Å². The van der Waals surface area contributed by atoms with Gasteiger partial charge in [0.2, 0.25) is 0 Å². The van der Waals surface area contributed by atoms with Crippen molar-refractivity contribution in [1.82, 2.24) is 5.32 Å². The van der Waals surface area contributed by atoms with Gasteiger partial charge < -0.3 is 20.3 Å². The van der Waals surface area contributed by atoms with E-state index in [2.05, 4.69) is 10.1 Å². The van der Waals surface area contributed by atoms with E-state index in [1.54, 1.807) is 6.07 Å². The van der Waals surface area contributed by atoms with Gasteiger partial charge in [0.05, 0.1) is 28.5 Å². The summed E-state index contributed by atoms with van der Waals surface area (Å²) >= 11 is 6.83. The van der Waals surface area contributed by atoms with Gasteiger partial charge in [-0.25, -0.2) is 4.79 Å². The summed E-state index contributed by atoms with van der Waals surface area (Å²) in [5, 5.41) is 21.8. The average Bonchev–Trinajstić information content (AvgIpc) is 2.94. The first kappa shape index (κ1) is 15.2. The van der Waals surface area contributed by atoms with Crippen LogP contribution in [0.3, 0.4) is 0 Å². The number of halogens is 1. The molecule has 1 aromatic rings. The zero-order valence-electron chi connectivity index (χ0n) is 10.6. The fourth-order valence-corrected chi connectivity index (χ4v) is 3.24. The van der Waals surface area contributed by atoms with Crippen molar-refractivity contribution in [3.63, 3.8) is 0 Å². The Kier molecular flexibility index (Phi) is 4.33. The molecular weight excluding hydrogens is 306 g/mol. The number of thiophene rings is 1. The van der Waals surface area contributed by atoms with Gasteiger partial charge in [0, 0.05) is 12.8 Å². The van der Waals surface area contributed by atoms with Gasteiger partial charge in [-0.2, -0.15) is 0 Å². The molecule has 1 aromatic heterocycles. The largest absolute Gasteiger partial charge is 0.467 e. The second kappa shape index (κ2) is 5.69. The number of hydrogen-bond donors (Lipinski definition) is 3. The van der Waals surface area contributed by atoms with Crippen molar-refractivity contribution in [2.45, 2.75) is 30.6 Å². The lowest BCUT2D eigenvalue weighted by Crippen LogP contribution is -2.53. The van der Waals surface area contributed by atoms with Gasteiger partial charge in [0.1, 0.15) is 5.54 Å². The molecule has 1 aliphatic carbocycles. The van der Waals surface area contributed by atoms with Crippen molar-refractivity contribution in [2.75, 3.05) is 7.11 Å². The van der Waals surface area contributed by atoms with E-state index in [1.165, 1.54) is 13.2 Å². The Hall–Kier alpha value is -1.15. The third-order valence-electron chi connectivity index (χ3n) is 3.29. The molecule has 6 nitrogen and oxygen atoms in total. The van der Waals surface area contributed by atoms with Crippen LogP contribution in [-0.2, 0) is 9.53 Å². The van der Waals surface area contributed by atoms with Crippen molar-refractivity contribution < 1.29 is 24.5 Å². The van der Waals surface area contributed by atoms with E-state index in [9.17, 15) is 19.8 Å². The molecule has 0 radical (unpaired) electrons. The molecular formula is C12H14ClNO5S. The van der Waals surface area contributed by atoms with Crippen molar-refractivity contribution in [2.24, 2.45) is 0 Å². The van der Waals surface area contributed by atoms with Crippen molar-refractivity contribution >= 4 is 34.8 Å². The molecule has 2 atom stereocenters. The van der Waals surface area contributed by atoms with E-state index in [-0.39, 0.29) is 12.8 Å². The summed E-state index contributed by atoms with van der Waals surface area (Å²) in [4.78, 5) is 24.4. The number of nitrogens with one attached hydrogen (secondary N) is 1. The lowest BCUT2D eigenvalue weighted by Gasteiger charge is -2.26. The number of rotatable bonds is 3. The van der Waals surface area contributed by atoms with E-state index >= 15 is 0 Å². The number of carbonyl (C=O) groups is 2. The van der Waals surface area contributed by atoms with Gasteiger partial charge >= 0.3 is 5.97 Å². The van der Waals surface area contributed by atoms with Crippen LogP contribution in [0.5, 0.6) is 0 Å². The van der Waals surface area contributed by atoms with Crippen molar-refractivity contribution in [3.05, 3.63) is 21.3 Å². The number of amides is 1. The maximum atomic E-state index is 12.1. The first-order valence-corrected chi connectivity index (χ1v) is 7.10. The maximum absolute atomic E-state index is 12.1. The Morgan fingerprint density at radius 1 is 1.40 bits per heavy atom. The van der Waals surface area contributed by atoms with Gasteiger partial charge in [-0.05, 0) is 12.1 Å². The van der Waals surface area contributed by atoms with Crippen LogP contribution in [-0.4, -0.2) is 46.9 Å². The Bertz CT molecular complexity index is 522. The predicted molar refractivity (Wildman–Crippen MR) is 72.8 cm³/mol. The number of ether oxygens (including phenoxy) is 1. The van der Waals surface area contributed by atoms with Crippen molar-refractivity contribution in [3.8, 4) is 0 Å². The third-order valence-corrected chi connectivity index (χ3v) is 4.52. The van der Waals surface area contributed by atoms with E-state index < -0.39 is 29.6 Å². The second-order valence-corrected chi connectivity index (χ2v) is 6.39. The van der Waals surface area contributed by atoms with Gasteiger partial charge in [-0.1, -0.05) is 11.6 Å². The van der Waals surface area contributed by atoms with E-state index in [1.807, 2.05) is 0 Å². The molecule has 20 heavy (non-hydrogen) atoms. The van der Waals surface area contributed by atoms with Gasteiger partial charge in [-0.15, -0.1) is 11.3 Å². The van der Waals surface area contributed by atoms with Crippen LogP contribution in [0.1, 0.15) is 22.5 Å². The number of methoxy groups -OCH3 is 1. The fourth-order valence-electron chi connectivity index (χ4n) is 2.30. The molecule has 3 N–H and O–H groups in total. The summed E-state index contributed by atoms with van der Waals surface area (Å²) < 4.78 is 5.13. The highest BCUT2D eigenvalue weighted by molar-refractivity contribution is 7.18. The lowest BCUT2D eigenvalue weighted by atomic mass is 9.97. The van der Waals surface area contributed by atoms with E-state index in [4.69, 9.17) is 11.6 Å². The monoisotopic (exact) mass is 319 g/mol. The number of aliphatic hydroxyl groups excluding tert-OH is 2. The molecule has 1 amide bonds. The molecule has 0 saturated heterocycles. The quantitative estimate of drug-likeness (QED) is 0.707. The number of carbonyl (C=O) groups excluding carboxylic acids is 2. The average molecular weight is 320 g/mol. The van der Waals surface area contributed by atoms with E-state index in [0.29, 0.717) is 9.21 Å². The topological polar surface area (TPSA) is 95.9 Å². The molecule has 2 unspecified atom stereocenters. The molecule has 1 fully saturated rings. The van der Waals surface area contributed by atoms with Crippen LogP contribution in [0.25, 0.3) is 0 Å². The summed E-state index contributed by atoms with van der Waals surface area (Å²) in [6.45, 7) is 0. The molecule has 0 spiro atoms. The molecule has 0 aliphatic heterocycles. The molecule has 8 heteroatoms. The zero-order chi connectivity index (χ0) is 14.9. The molecule has 1 saturated carbocycles. The van der Waals surface area contributed by atoms with Crippen LogP contribution < -0.4 is 5.32 Å². The highest BCUT2D eigenvalue weighted by Gasteiger charge is 2.51. The Labute approximate surface area is 124 Å². The molecule has 0 bridgehead atoms. The molecule has 1 aliphatic rings. The molecule has 110 valence electrons. The predicted octanol–water partition coefficient (Wildman–Crippen LogP) is 0.559. The minimum atomic E-state index is -1.42. The second-order valence-electron chi connectivity index (χ2n) is 4.67. The summed E-state index contributed by atoms with van der Waals surface area (Å²) in [6.07, 6.45) is -2.35. The SMILES string of the molecule is COC(=O)C1(NC(=O)c2ccc(Cl)s2)CC(O)C(O)C1. The number of hydrogen-bond acceptors (Lipinski definition) is 6. The van der Waals surface area contributed by atoms with Crippen LogP contribution in [0, 0.1) is 0 Å². The smallest absolute Gasteiger partial charge is 0.331 e. The van der Waals surface area contributed by atoms with Gasteiger partial charge in [0.15, 0.2) is 0 Å². The van der Waals surface area contributed by atoms with Crippen LogP contribution >= 0.6 is 22.9 Å². The molecule has 1 heterocycles. The van der Waals surface area contributed by atoms with Gasteiger partial charge in [0.25, 0.3) is 5.91 Å². The fraction of sp³-hybridized carbons (Fsp3) is 0.500. The van der Waals surface area contributed by atoms with Gasteiger partial charge in [-0.3, -0.25) is 4.79 Å². The van der Waals surface area contributed by atoms with Crippen molar-refractivity contribution in [1.29, 1.82) is 0 Å². The molecule has 0 aromatic carbocycles. The highest BCUT2D eigenvalue weighted by atomic mass is 35.5. The summed E-state index contributed by atoms with van der Waals surface area (Å²) in [7, 11) is 1.19.